The van der Waals surface area contributed by atoms with E-state index in [1.165, 1.54) is 6.42 Å². The Balaban J connectivity index is 2.20. The highest BCUT2D eigenvalue weighted by molar-refractivity contribution is 6.01. The van der Waals surface area contributed by atoms with Crippen molar-refractivity contribution in [3.63, 3.8) is 0 Å². The Hall–Kier alpha value is -2.30. The second-order valence-corrected chi connectivity index (χ2v) is 7.48. The first-order valence-electron chi connectivity index (χ1n) is 10.3. The van der Waals surface area contributed by atoms with E-state index in [4.69, 9.17) is 0 Å². The highest BCUT2D eigenvalue weighted by Crippen LogP contribution is 2.43. The molecule has 1 fully saturated rings. The maximum Gasteiger partial charge on any atom is 0.0914 e. The van der Waals surface area contributed by atoms with E-state index in [9.17, 15) is 5.11 Å². The van der Waals surface area contributed by atoms with Crippen LogP contribution >= 0.6 is 0 Å². The standard InChI is InChI=1S/C26H30O/c1-2-3-4-12-19-24(22-15-8-5-9-16-22)25(23-17-10-6-11-18-23)26(27)20-13-7-14-21-26/h5-6,8-11,15-18,27H,2-4,7,13-14,20-21H2,1H3/b25-24+. The predicted molar refractivity (Wildman–Crippen MR) is 115 cm³/mol. The first kappa shape index (κ1) is 19.5. The summed E-state index contributed by atoms with van der Waals surface area (Å²) in [4.78, 5) is 0. The smallest absolute Gasteiger partial charge is 0.0914 e. The van der Waals surface area contributed by atoms with Gasteiger partial charge in [0.2, 0.25) is 0 Å². The molecule has 0 unspecified atom stereocenters. The highest BCUT2D eigenvalue weighted by atomic mass is 16.3. The summed E-state index contributed by atoms with van der Waals surface area (Å²) >= 11 is 0. The van der Waals surface area contributed by atoms with E-state index in [0.717, 1.165) is 67.2 Å². The van der Waals surface area contributed by atoms with E-state index in [1.807, 2.05) is 12.1 Å². The molecule has 3 rings (SSSR count). The molecule has 0 aromatic heterocycles. The first-order valence-corrected chi connectivity index (χ1v) is 10.3. The third-order valence-electron chi connectivity index (χ3n) is 5.39. The van der Waals surface area contributed by atoms with Gasteiger partial charge in [0.05, 0.1) is 5.60 Å². The van der Waals surface area contributed by atoms with Crippen LogP contribution in [-0.4, -0.2) is 10.7 Å². The van der Waals surface area contributed by atoms with Crippen molar-refractivity contribution in [2.24, 2.45) is 0 Å². The number of allylic oxidation sites excluding steroid dienone is 1. The zero-order valence-corrected chi connectivity index (χ0v) is 16.4. The lowest BCUT2D eigenvalue weighted by Crippen LogP contribution is -2.33. The third kappa shape index (κ3) is 4.90. The lowest BCUT2D eigenvalue weighted by atomic mass is 9.74. The third-order valence-corrected chi connectivity index (χ3v) is 5.39. The highest BCUT2D eigenvalue weighted by Gasteiger charge is 2.36. The molecule has 1 heteroatoms. The molecule has 0 saturated heterocycles. The minimum atomic E-state index is -0.801. The maximum atomic E-state index is 11.7. The van der Waals surface area contributed by atoms with Crippen LogP contribution in [0.4, 0.5) is 0 Å². The van der Waals surface area contributed by atoms with Crippen LogP contribution in [0.25, 0.3) is 11.1 Å². The van der Waals surface area contributed by atoms with Crippen LogP contribution in [0.2, 0.25) is 0 Å². The van der Waals surface area contributed by atoms with E-state index >= 15 is 0 Å². The van der Waals surface area contributed by atoms with Gasteiger partial charge < -0.3 is 5.11 Å². The van der Waals surface area contributed by atoms with Gasteiger partial charge >= 0.3 is 0 Å². The van der Waals surface area contributed by atoms with Gasteiger partial charge in [-0.2, -0.15) is 0 Å². The van der Waals surface area contributed by atoms with Crippen LogP contribution < -0.4 is 0 Å². The van der Waals surface area contributed by atoms with Crippen molar-refractivity contribution in [1.82, 2.24) is 0 Å². The number of hydrogen-bond donors (Lipinski definition) is 1. The zero-order chi connectivity index (χ0) is 19.0. The van der Waals surface area contributed by atoms with E-state index in [-0.39, 0.29) is 0 Å². The molecule has 1 aliphatic carbocycles. The molecule has 0 radical (unpaired) electrons. The van der Waals surface area contributed by atoms with Gasteiger partial charge in [0.1, 0.15) is 0 Å². The van der Waals surface area contributed by atoms with Crippen LogP contribution in [0.15, 0.2) is 60.7 Å². The summed E-state index contributed by atoms with van der Waals surface area (Å²) in [6.45, 7) is 2.19. The average molecular weight is 359 g/mol. The van der Waals surface area contributed by atoms with Crippen LogP contribution in [0, 0.1) is 11.8 Å². The van der Waals surface area contributed by atoms with Crippen LogP contribution in [0.3, 0.4) is 0 Å². The summed E-state index contributed by atoms with van der Waals surface area (Å²) in [7, 11) is 0. The second-order valence-electron chi connectivity index (χ2n) is 7.48. The molecule has 0 spiro atoms. The fourth-order valence-electron chi connectivity index (χ4n) is 3.94. The van der Waals surface area contributed by atoms with E-state index in [2.05, 4.69) is 67.3 Å². The molecule has 2 aromatic rings. The lowest BCUT2D eigenvalue weighted by molar-refractivity contribution is 0.0618. The summed E-state index contributed by atoms with van der Waals surface area (Å²) in [5.41, 5.74) is 3.38. The number of rotatable bonds is 5. The van der Waals surface area contributed by atoms with Crippen molar-refractivity contribution in [3.8, 4) is 11.8 Å². The Kier molecular flexibility index (Phi) is 6.91. The summed E-state index contributed by atoms with van der Waals surface area (Å²) in [5, 5.41) is 11.7. The average Bonchev–Trinajstić information content (AvgIpc) is 2.72. The summed E-state index contributed by atoms with van der Waals surface area (Å²) in [6.07, 6.45) is 8.11. The Morgan fingerprint density at radius 3 is 2.07 bits per heavy atom. The molecule has 1 nitrogen and oxygen atoms in total. The molecule has 140 valence electrons. The fourth-order valence-corrected chi connectivity index (χ4v) is 3.94. The summed E-state index contributed by atoms with van der Waals surface area (Å²) in [6, 6.07) is 20.7. The number of hydrogen-bond acceptors (Lipinski definition) is 1. The minimum Gasteiger partial charge on any atom is -0.385 e. The van der Waals surface area contributed by atoms with Crippen molar-refractivity contribution in [2.75, 3.05) is 0 Å². The van der Waals surface area contributed by atoms with Crippen molar-refractivity contribution in [2.45, 2.75) is 63.9 Å². The van der Waals surface area contributed by atoms with Gasteiger partial charge in [-0.1, -0.05) is 105 Å². The van der Waals surface area contributed by atoms with Gasteiger partial charge in [0, 0.05) is 17.6 Å². The van der Waals surface area contributed by atoms with Crippen molar-refractivity contribution in [1.29, 1.82) is 0 Å². The fraction of sp³-hybridized carbons (Fsp3) is 0.385. The molecule has 1 N–H and O–H groups in total. The van der Waals surface area contributed by atoms with Gasteiger partial charge in [-0.15, -0.1) is 0 Å². The Bertz CT molecular complexity index is 800. The second kappa shape index (κ2) is 9.58. The molecule has 1 saturated carbocycles. The van der Waals surface area contributed by atoms with Crippen molar-refractivity contribution in [3.05, 3.63) is 71.8 Å². The van der Waals surface area contributed by atoms with Gasteiger partial charge in [0.25, 0.3) is 0 Å². The monoisotopic (exact) mass is 358 g/mol. The minimum absolute atomic E-state index is 0.801. The predicted octanol–water partition coefficient (Wildman–Crippen LogP) is 6.49. The number of unbranched alkanes of at least 4 members (excludes halogenated alkanes) is 2. The van der Waals surface area contributed by atoms with Crippen LogP contribution in [-0.2, 0) is 0 Å². The maximum absolute atomic E-state index is 11.7. The quantitative estimate of drug-likeness (QED) is 0.368. The SMILES string of the molecule is CCCCC#C/C(=C(/c1ccccc1)C1(O)CCCCC1)c1ccccc1. The molecular weight excluding hydrogens is 328 g/mol. The summed E-state index contributed by atoms with van der Waals surface area (Å²) in [5.74, 6) is 6.83. The van der Waals surface area contributed by atoms with E-state index in [1.54, 1.807) is 0 Å². The number of benzene rings is 2. The molecule has 1 aliphatic rings. The summed E-state index contributed by atoms with van der Waals surface area (Å²) < 4.78 is 0. The molecule has 0 atom stereocenters. The molecule has 0 aliphatic heterocycles. The van der Waals surface area contributed by atoms with Crippen molar-refractivity contribution >= 4 is 11.1 Å². The van der Waals surface area contributed by atoms with Crippen molar-refractivity contribution < 1.29 is 5.11 Å². The molecule has 27 heavy (non-hydrogen) atoms. The van der Waals surface area contributed by atoms with Gasteiger partial charge in [-0.25, -0.2) is 0 Å². The molecule has 0 amide bonds. The van der Waals surface area contributed by atoms with Gasteiger partial charge in [0.15, 0.2) is 0 Å². The molecule has 2 aromatic carbocycles. The van der Waals surface area contributed by atoms with Crippen LogP contribution in [0.5, 0.6) is 0 Å². The Labute approximate surface area is 164 Å². The van der Waals surface area contributed by atoms with Gasteiger partial charge in [-0.3, -0.25) is 0 Å². The zero-order valence-electron chi connectivity index (χ0n) is 16.4. The topological polar surface area (TPSA) is 20.2 Å². The Morgan fingerprint density at radius 2 is 1.48 bits per heavy atom. The molecular formula is C26H30O. The van der Waals surface area contributed by atoms with E-state index < -0.39 is 5.60 Å². The van der Waals surface area contributed by atoms with Crippen LogP contribution in [0.1, 0.15) is 69.4 Å². The molecule has 0 bridgehead atoms. The normalized spacial score (nSPS) is 16.8. The van der Waals surface area contributed by atoms with E-state index in [0.29, 0.717) is 0 Å². The largest absolute Gasteiger partial charge is 0.385 e. The first-order chi connectivity index (χ1) is 13.2. The van der Waals surface area contributed by atoms with Gasteiger partial charge in [-0.05, 0) is 30.4 Å². The molecule has 0 heterocycles. The number of aliphatic hydroxyl groups is 1. The lowest BCUT2D eigenvalue weighted by Gasteiger charge is -2.36. The Morgan fingerprint density at radius 1 is 0.889 bits per heavy atom.